The van der Waals surface area contributed by atoms with Crippen molar-refractivity contribution in [3.05, 3.63) is 64.2 Å². The van der Waals surface area contributed by atoms with E-state index in [1.54, 1.807) is 18.2 Å². The molecule has 8 heteroatoms. The first-order chi connectivity index (χ1) is 10.2. The molecule has 2 rings (SSSR count). The maximum absolute atomic E-state index is 11.8. The zero-order chi connectivity index (χ0) is 15.2. The second-order valence-electron chi connectivity index (χ2n) is 3.94. The fourth-order valence-electron chi connectivity index (χ4n) is 1.77. The van der Waals surface area contributed by atoms with Crippen LogP contribution in [-0.4, -0.2) is 21.1 Å². The number of amides is 1. The first-order valence-electron chi connectivity index (χ1n) is 5.87. The van der Waals surface area contributed by atoms with Crippen LogP contribution in [0.3, 0.4) is 0 Å². The molecule has 0 aliphatic heterocycles. The van der Waals surface area contributed by atoms with Gasteiger partial charge in [0, 0.05) is 22.1 Å². The van der Waals surface area contributed by atoms with Crippen LogP contribution in [0.5, 0.6) is 5.88 Å². The molecule has 2 aromatic rings. The van der Waals surface area contributed by atoms with Gasteiger partial charge in [0.2, 0.25) is 11.8 Å². The van der Waals surface area contributed by atoms with Gasteiger partial charge in [-0.2, -0.15) is 0 Å². The van der Waals surface area contributed by atoms with Gasteiger partial charge in [0.25, 0.3) is 0 Å². The van der Waals surface area contributed by atoms with Gasteiger partial charge < -0.3 is 9.94 Å². The zero-order valence-electron chi connectivity index (χ0n) is 10.9. The van der Waals surface area contributed by atoms with Crippen LogP contribution < -0.4 is 4.74 Å². The van der Waals surface area contributed by atoms with E-state index in [0.29, 0.717) is 16.0 Å². The van der Waals surface area contributed by atoms with Crippen LogP contribution in [0.2, 0.25) is 0 Å². The van der Waals surface area contributed by atoms with Gasteiger partial charge in [-0.25, -0.2) is 0 Å². The van der Waals surface area contributed by atoms with E-state index in [-0.39, 0.29) is 18.1 Å². The molecule has 0 bridgehead atoms. The Morgan fingerprint density at radius 3 is 3.00 bits per heavy atom. The van der Waals surface area contributed by atoms with E-state index in [0.717, 1.165) is 0 Å². The quantitative estimate of drug-likeness (QED) is 0.393. The Morgan fingerprint density at radius 2 is 2.38 bits per heavy atom. The number of hydrogen-bond donors (Lipinski definition) is 1. The Morgan fingerprint density at radius 1 is 1.57 bits per heavy atom. The van der Waals surface area contributed by atoms with Crippen LogP contribution in [0.25, 0.3) is 16.5 Å². The molecule has 8 nitrogen and oxygen atoms in total. The maximum Gasteiger partial charge on any atom is 0.249 e. The minimum Gasteiger partial charge on any atom is -0.472 e. The lowest BCUT2D eigenvalue weighted by molar-refractivity contribution is 0.0997. The van der Waals surface area contributed by atoms with Gasteiger partial charge in [-0.05, 0) is 16.2 Å². The van der Waals surface area contributed by atoms with Gasteiger partial charge >= 0.3 is 0 Å². The van der Waals surface area contributed by atoms with Crippen molar-refractivity contribution in [3.8, 4) is 5.88 Å². The lowest BCUT2D eigenvalue weighted by Gasteiger charge is -2.10. The molecule has 0 saturated carbocycles. The number of carbonyl (C=O) groups is 1. The van der Waals surface area contributed by atoms with Gasteiger partial charge in [-0.3, -0.25) is 4.79 Å². The van der Waals surface area contributed by atoms with Crippen molar-refractivity contribution in [2.45, 2.75) is 6.61 Å². The van der Waals surface area contributed by atoms with Crippen LogP contribution in [0.15, 0.2) is 42.2 Å². The average molecular weight is 285 g/mol. The number of azide groups is 1. The van der Waals surface area contributed by atoms with E-state index in [9.17, 15) is 4.79 Å². The molecule has 0 aliphatic rings. The Kier molecular flexibility index (Phi) is 4.23. The van der Waals surface area contributed by atoms with Crippen molar-refractivity contribution >= 4 is 12.0 Å². The summed E-state index contributed by atoms with van der Waals surface area (Å²) >= 11 is 0. The number of benzene rings is 1. The maximum atomic E-state index is 11.8. The average Bonchev–Trinajstić information content (AvgIpc) is 2.90. The summed E-state index contributed by atoms with van der Waals surface area (Å²) in [4.78, 5) is 14.9. The molecule has 0 saturated heterocycles. The molecule has 21 heavy (non-hydrogen) atoms. The summed E-state index contributed by atoms with van der Waals surface area (Å²) in [5.41, 5.74) is 9.81. The first-order valence-corrected chi connectivity index (χ1v) is 5.87. The number of carbonyl (C=O) groups excluding carboxylic acids is 1. The molecule has 0 unspecified atom stereocenters. The molecular formula is C13H11N5O3. The van der Waals surface area contributed by atoms with E-state index in [2.05, 4.69) is 21.7 Å². The third-order valence-electron chi connectivity index (χ3n) is 2.71. The summed E-state index contributed by atoms with van der Waals surface area (Å²) in [6.45, 7) is 3.68. The molecule has 0 aliphatic carbocycles. The van der Waals surface area contributed by atoms with E-state index >= 15 is 0 Å². The molecule has 0 spiro atoms. The lowest BCUT2D eigenvalue weighted by Crippen LogP contribution is -2.07. The highest BCUT2D eigenvalue weighted by Crippen LogP contribution is 2.20. The fraction of sp³-hybridized carbons (Fsp3) is 0.0769. The molecular weight excluding hydrogens is 274 g/mol. The number of rotatable bonds is 5. The molecule has 1 aromatic carbocycles. The summed E-state index contributed by atoms with van der Waals surface area (Å²) in [6, 6.07) is 6.41. The number of aromatic nitrogens is 2. The van der Waals surface area contributed by atoms with Crippen LogP contribution in [0.4, 0.5) is 0 Å². The number of hydrogen-bond acceptors (Lipinski definition) is 4. The monoisotopic (exact) mass is 285 g/mol. The Hall–Kier alpha value is -3.25. The standard InChI is InChI=1S/C13H11N5O3/c1-2-9-4-3-5-10(13(19)15-17-14)11(9)8-21-12-6-7-18(20)16-12/h2-7,20H,1,8H2. The highest BCUT2D eigenvalue weighted by Gasteiger charge is 2.13. The van der Waals surface area contributed by atoms with Gasteiger partial charge in [-0.1, -0.05) is 36.0 Å². The van der Waals surface area contributed by atoms with Crippen molar-refractivity contribution in [2.75, 3.05) is 0 Å². The third kappa shape index (κ3) is 3.20. The van der Waals surface area contributed by atoms with Crippen LogP contribution >= 0.6 is 0 Å². The van der Waals surface area contributed by atoms with E-state index in [1.807, 2.05) is 0 Å². The zero-order valence-corrected chi connectivity index (χ0v) is 10.9. The second kappa shape index (κ2) is 6.27. The van der Waals surface area contributed by atoms with E-state index in [4.69, 9.17) is 15.5 Å². The highest BCUT2D eigenvalue weighted by molar-refractivity contribution is 5.97. The fourth-order valence-corrected chi connectivity index (χ4v) is 1.77. The summed E-state index contributed by atoms with van der Waals surface area (Å²) in [6.07, 6.45) is 2.87. The summed E-state index contributed by atoms with van der Waals surface area (Å²) in [5.74, 6) is -0.508. The predicted octanol–water partition coefficient (Wildman–Crippen LogP) is 2.79. The summed E-state index contributed by atoms with van der Waals surface area (Å²) in [5, 5.41) is 15.8. The normalized spacial score (nSPS) is 9.71. The summed E-state index contributed by atoms with van der Waals surface area (Å²) < 4.78 is 5.40. The SMILES string of the molecule is C=Cc1cccc(C(=O)N=[N+]=[N-])c1COc1ccn(O)n1. The first kappa shape index (κ1) is 14.2. The molecule has 1 N–H and O–H groups in total. The molecule has 0 radical (unpaired) electrons. The molecule has 1 aromatic heterocycles. The number of ether oxygens (including phenoxy) is 1. The topological polar surface area (TPSA) is 113 Å². The molecule has 106 valence electrons. The largest absolute Gasteiger partial charge is 0.472 e. The second-order valence-corrected chi connectivity index (χ2v) is 3.94. The van der Waals surface area contributed by atoms with Crippen molar-refractivity contribution < 1.29 is 14.7 Å². The van der Waals surface area contributed by atoms with E-state index in [1.165, 1.54) is 18.3 Å². The Bertz CT molecular complexity index is 731. The van der Waals surface area contributed by atoms with Gasteiger partial charge in [0.15, 0.2) is 0 Å². The molecule has 0 atom stereocenters. The number of nitrogens with zero attached hydrogens (tertiary/aromatic N) is 5. The van der Waals surface area contributed by atoms with Crippen LogP contribution in [-0.2, 0) is 6.61 Å². The van der Waals surface area contributed by atoms with Crippen molar-refractivity contribution in [2.24, 2.45) is 5.11 Å². The lowest BCUT2D eigenvalue weighted by atomic mass is 10.0. The Balaban J connectivity index is 2.33. The van der Waals surface area contributed by atoms with Crippen LogP contribution in [0.1, 0.15) is 21.5 Å². The minimum atomic E-state index is -0.701. The molecule has 1 amide bonds. The van der Waals surface area contributed by atoms with Gasteiger partial charge in [-0.15, -0.1) is 4.85 Å². The van der Waals surface area contributed by atoms with Gasteiger partial charge in [0.05, 0.1) is 6.20 Å². The minimum absolute atomic E-state index is 0.0151. The Labute approximate surface area is 119 Å². The molecule has 0 fully saturated rings. The van der Waals surface area contributed by atoms with E-state index < -0.39 is 5.91 Å². The molecule has 1 heterocycles. The van der Waals surface area contributed by atoms with Crippen molar-refractivity contribution in [3.63, 3.8) is 0 Å². The van der Waals surface area contributed by atoms with Crippen molar-refractivity contribution in [1.82, 2.24) is 9.94 Å². The summed E-state index contributed by atoms with van der Waals surface area (Å²) in [7, 11) is 0. The highest BCUT2D eigenvalue weighted by atomic mass is 16.5. The third-order valence-corrected chi connectivity index (χ3v) is 2.71. The van der Waals surface area contributed by atoms with Crippen LogP contribution in [0, 0.1) is 0 Å². The predicted molar refractivity (Wildman–Crippen MR) is 73.8 cm³/mol. The van der Waals surface area contributed by atoms with Crippen molar-refractivity contribution in [1.29, 1.82) is 0 Å². The van der Waals surface area contributed by atoms with Gasteiger partial charge in [0.1, 0.15) is 6.61 Å². The smallest absolute Gasteiger partial charge is 0.249 e.